The molecule has 0 saturated carbocycles. The quantitative estimate of drug-likeness (QED) is 0.632. The van der Waals surface area contributed by atoms with Gasteiger partial charge < -0.3 is 10.6 Å². The molecule has 2 amide bonds. The second-order valence-electron chi connectivity index (χ2n) is 8.04. The van der Waals surface area contributed by atoms with Crippen molar-refractivity contribution in [2.45, 2.75) is 51.5 Å². The molecule has 31 heavy (non-hydrogen) atoms. The summed E-state index contributed by atoms with van der Waals surface area (Å²) in [5.41, 5.74) is 3.22. The number of anilines is 2. The number of carbonyl (C=O) groups excluding carboxylic acids is 2. The molecular weight excluding hydrogens is 436 g/mol. The lowest BCUT2D eigenvalue weighted by Gasteiger charge is -2.32. The van der Waals surface area contributed by atoms with Crippen LogP contribution >= 0.6 is 11.3 Å². The van der Waals surface area contributed by atoms with E-state index in [1.807, 2.05) is 31.2 Å². The van der Waals surface area contributed by atoms with E-state index in [9.17, 15) is 18.0 Å². The Morgan fingerprint density at radius 1 is 1.10 bits per heavy atom. The molecule has 8 nitrogen and oxygen atoms in total. The molecule has 4 N–H and O–H groups in total. The molecule has 1 aromatic carbocycles. The highest BCUT2D eigenvalue weighted by Crippen LogP contribution is 2.40. The van der Waals surface area contributed by atoms with E-state index < -0.39 is 22.2 Å². The van der Waals surface area contributed by atoms with Gasteiger partial charge in [0.1, 0.15) is 11.0 Å². The molecule has 166 valence electrons. The Morgan fingerprint density at radius 3 is 2.55 bits per heavy atom. The van der Waals surface area contributed by atoms with Crippen LogP contribution in [-0.4, -0.2) is 37.1 Å². The van der Waals surface area contributed by atoms with E-state index in [0.717, 1.165) is 46.0 Å². The zero-order chi connectivity index (χ0) is 22.2. The maximum atomic E-state index is 13.1. The van der Waals surface area contributed by atoms with Crippen molar-refractivity contribution in [3.8, 4) is 0 Å². The van der Waals surface area contributed by atoms with Crippen LogP contribution in [0, 0.1) is 6.92 Å². The van der Waals surface area contributed by atoms with Crippen LogP contribution in [0.15, 0.2) is 24.3 Å². The van der Waals surface area contributed by atoms with Gasteiger partial charge in [-0.2, -0.15) is 12.7 Å². The van der Waals surface area contributed by atoms with Crippen molar-refractivity contribution in [3.05, 3.63) is 45.8 Å². The first kappa shape index (κ1) is 21.9. The summed E-state index contributed by atoms with van der Waals surface area (Å²) in [6.07, 6.45) is 4.43. The lowest BCUT2D eigenvalue weighted by molar-refractivity contribution is -0.120. The van der Waals surface area contributed by atoms with Gasteiger partial charge in [0.25, 0.3) is 16.1 Å². The Labute approximate surface area is 186 Å². The summed E-state index contributed by atoms with van der Waals surface area (Å²) in [6, 6.07) is 6.64. The Kier molecular flexibility index (Phi) is 6.16. The first-order chi connectivity index (χ1) is 14.7. The molecule has 0 bridgehead atoms. The third-order valence-corrected chi connectivity index (χ3v) is 8.08. The van der Waals surface area contributed by atoms with Gasteiger partial charge in [0, 0.05) is 17.1 Å². The summed E-state index contributed by atoms with van der Waals surface area (Å²) in [7, 11) is -3.98. The first-order valence-corrected chi connectivity index (χ1v) is 12.7. The van der Waals surface area contributed by atoms with Gasteiger partial charge in [-0.1, -0.05) is 24.1 Å². The molecule has 2 aromatic rings. The van der Waals surface area contributed by atoms with Crippen LogP contribution in [0.5, 0.6) is 0 Å². The van der Waals surface area contributed by atoms with Crippen LogP contribution < -0.4 is 15.8 Å². The number of hydrogen-bond acceptors (Lipinski definition) is 5. The minimum atomic E-state index is -3.98. The van der Waals surface area contributed by atoms with E-state index in [1.165, 1.54) is 11.3 Å². The van der Waals surface area contributed by atoms with Gasteiger partial charge in [-0.25, -0.2) is 5.14 Å². The molecule has 0 spiro atoms. The van der Waals surface area contributed by atoms with Crippen LogP contribution in [-0.2, 0) is 27.8 Å². The minimum absolute atomic E-state index is 0.221. The van der Waals surface area contributed by atoms with Crippen LogP contribution in [0.25, 0.3) is 0 Å². The largest absolute Gasteiger partial charge is 0.322 e. The van der Waals surface area contributed by atoms with Crippen LogP contribution in [0.3, 0.4) is 0 Å². The number of amides is 2. The normalized spacial score (nSPS) is 19.1. The molecule has 1 aliphatic heterocycles. The van der Waals surface area contributed by atoms with Crippen molar-refractivity contribution in [3.63, 3.8) is 0 Å². The van der Waals surface area contributed by atoms with E-state index in [4.69, 9.17) is 5.14 Å². The van der Waals surface area contributed by atoms with Gasteiger partial charge in [0.05, 0.1) is 5.56 Å². The molecule has 2 heterocycles. The van der Waals surface area contributed by atoms with Crippen LogP contribution in [0.4, 0.5) is 10.7 Å². The zero-order valence-electron chi connectivity index (χ0n) is 17.3. The van der Waals surface area contributed by atoms with Gasteiger partial charge in [0.2, 0.25) is 5.91 Å². The summed E-state index contributed by atoms with van der Waals surface area (Å²) >= 11 is 1.40. The van der Waals surface area contributed by atoms with E-state index in [-0.39, 0.29) is 12.5 Å². The maximum Gasteiger partial charge on any atom is 0.277 e. The molecular formula is C21H26N4O4S2. The van der Waals surface area contributed by atoms with Crippen molar-refractivity contribution in [1.29, 1.82) is 0 Å². The molecule has 4 rings (SSSR count). The number of carbonyl (C=O) groups is 2. The Bertz CT molecular complexity index is 1110. The molecule has 1 atom stereocenters. The maximum absolute atomic E-state index is 13.1. The van der Waals surface area contributed by atoms with Gasteiger partial charge in [-0.3, -0.25) is 9.59 Å². The molecule has 1 saturated heterocycles. The average molecular weight is 463 g/mol. The fourth-order valence-electron chi connectivity index (χ4n) is 4.23. The molecule has 0 radical (unpaired) electrons. The number of thiophene rings is 1. The predicted molar refractivity (Wildman–Crippen MR) is 122 cm³/mol. The summed E-state index contributed by atoms with van der Waals surface area (Å²) in [4.78, 5) is 27.3. The third-order valence-electron chi connectivity index (χ3n) is 5.78. The zero-order valence-corrected chi connectivity index (χ0v) is 18.9. The van der Waals surface area contributed by atoms with E-state index in [1.54, 1.807) is 0 Å². The van der Waals surface area contributed by atoms with Crippen molar-refractivity contribution in [2.75, 3.05) is 17.2 Å². The van der Waals surface area contributed by atoms with Gasteiger partial charge in [0.15, 0.2) is 0 Å². The molecule has 1 unspecified atom stereocenters. The Hall–Kier alpha value is -2.27. The van der Waals surface area contributed by atoms with Gasteiger partial charge in [-0.15, -0.1) is 11.3 Å². The molecule has 1 aliphatic carbocycles. The highest BCUT2D eigenvalue weighted by Gasteiger charge is 2.36. The number of benzene rings is 1. The Balaban J connectivity index is 1.59. The standard InChI is InChI=1S/C21H26N4O4S2/c1-13-8-10-14(11-9-13)23-20(27)18-15-5-4-7-17(15)30-21(18)24-19(26)16-6-2-3-12-25(16)31(22,28)29/h8-11,16H,2-7,12H2,1H3,(H,23,27)(H,24,26)(H2,22,28,29). The van der Waals surface area contributed by atoms with E-state index in [0.29, 0.717) is 29.1 Å². The SMILES string of the molecule is Cc1ccc(NC(=O)c2c(NC(=O)C3CCCCN3S(N)(=O)=O)sc3c2CCC3)cc1. The summed E-state index contributed by atoms with van der Waals surface area (Å²) in [5.74, 6) is -0.719. The molecule has 1 fully saturated rings. The highest BCUT2D eigenvalue weighted by molar-refractivity contribution is 7.86. The number of aryl methyl sites for hydroxylation is 2. The van der Waals surface area contributed by atoms with Crippen LogP contribution in [0.2, 0.25) is 0 Å². The van der Waals surface area contributed by atoms with Crippen LogP contribution in [0.1, 0.15) is 52.0 Å². The van der Waals surface area contributed by atoms with Gasteiger partial charge >= 0.3 is 0 Å². The summed E-state index contributed by atoms with van der Waals surface area (Å²) < 4.78 is 24.9. The topological polar surface area (TPSA) is 122 Å². The minimum Gasteiger partial charge on any atom is -0.322 e. The van der Waals surface area contributed by atoms with Crippen molar-refractivity contribution < 1.29 is 18.0 Å². The number of fused-ring (bicyclic) bond motifs is 1. The molecule has 2 aliphatic rings. The number of rotatable bonds is 5. The fraction of sp³-hybridized carbons (Fsp3) is 0.429. The summed E-state index contributed by atoms with van der Waals surface area (Å²) in [5, 5.41) is 11.6. The number of nitrogens with two attached hydrogens (primary N) is 1. The second kappa shape index (κ2) is 8.70. The fourth-order valence-corrected chi connectivity index (χ4v) is 6.46. The summed E-state index contributed by atoms with van der Waals surface area (Å²) in [6.45, 7) is 2.19. The molecule has 10 heteroatoms. The number of nitrogens with zero attached hydrogens (tertiary/aromatic N) is 1. The monoisotopic (exact) mass is 462 g/mol. The van der Waals surface area contributed by atoms with Crippen molar-refractivity contribution in [2.24, 2.45) is 5.14 Å². The van der Waals surface area contributed by atoms with Crippen molar-refractivity contribution in [1.82, 2.24) is 4.31 Å². The second-order valence-corrected chi connectivity index (χ2v) is 10.6. The molecule has 1 aromatic heterocycles. The van der Waals surface area contributed by atoms with E-state index >= 15 is 0 Å². The lowest BCUT2D eigenvalue weighted by atomic mass is 10.0. The van der Waals surface area contributed by atoms with E-state index in [2.05, 4.69) is 10.6 Å². The third kappa shape index (κ3) is 4.67. The van der Waals surface area contributed by atoms with Crippen molar-refractivity contribution >= 4 is 44.0 Å². The first-order valence-electron chi connectivity index (χ1n) is 10.4. The number of piperidine rings is 1. The Morgan fingerprint density at radius 2 is 1.84 bits per heavy atom. The predicted octanol–water partition coefficient (Wildman–Crippen LogP) is 2.79. The van der Waals surface area contributed by atoms with Gasteiger partial charge in [-0.05, 0) is 56.7 Å². The lowest BCUT2D eigenvalue weighted by Crippen LogP contribution is -2.52. The number of nitrogens with one attached hydrogen (secondary N) is 2. The number of hydrogen-bond donors (Lipinski definition) is 3. The smallest absolute Gasteiger partial charge is 0.277 e. The average Bonchev–Trinajstić information content (AvgIpc) is 3.29. The highest BCUT2D eigenvalue weighted by atomic mass is 32.2.